The standard InChI is InChI=1S/C16H20N2/c1-12-3-4-16-15(7-12)9-14(10-17-16)8-13-5-6-18(2)11-13/h3-4,7,9-10,13H,5-6,8,11H2,1-2H3/t13-/m1/s1. The van der Waals surface area contributed by atoms with Crippen molar-refractivity contribution < 1.29 is 0 Å². The molecule has 2 heteroatoms. The summed E-state index contributed by atoms with van der Waals surface area (Å²) < 4.78 is 0. The molecule has 0 unspecified atom stereocenters. The maximum atomic E-state index is 4.57. The van der Waals surface area contributed by atoms with Gasteiger partial charge in [0, 0.05) is 18.1 Å². The molecular weight excluding hydrogens is 220 g/mol. The Morgan fingerprint density at radius 3 is 3.00 bits per heavy atom. The molecule has 1 fully saturated rings. The van der Waals surface area contributed by atoms with Crippen LogP contribution in [-0.4, -0.2) is 30.0 Å². The van der Waals surface area contributed by atoms with Crippen molar-refractivity contribution in [1.29, 1.82) is 0 Å². The number of benzene rings is 1. The summed E-state index contributed by atoms with van der Waals surface area (Å²) in [5.41, 5.74) is 3.79. The number of fused-ring (bicyclic) bond motifs is 1. The fourth-order valence-corrected chi connectivity index (χ4v) is 2.93. The fourth-order valence-electron chi connectivity index (χ4n) is 2.93. The second-order valence-electron chi connectivity index (χ2n) is 5.66. The number of likely N-dealkylation sites (tertiary alicyclic amines) is 1. The number of hydrogen-bond acceptors (Lipinski definition) is 2. The van der Waals surface area contributed by atoms with E-state index in [1.165, 1.54) is 42.4 Å². The number of aryl methyl sites for hydroxylation is 1. The maximum Gasteiger partial charge on any atom is 0.0702 e. The molecule has 0 spiro atoms. The van der Waals surface area contributed by atoms with Crippen molar-refractivity contribution in [2.75, 3.05) is 20.1 Å². The van der Waals surface area contributed by atoms with Crippen LogP contribution in [0.4, 0.5) is 0 Å². The van der Waals surface area contributed by atoms with Gasteiger partial charge in [0.2, 0.25) is 0 Å². The van der Waals surface area contributed by atoms with Crippen molar-refractivity contribution in [3.8, 4) is 0 Å². The lowest BCUT2D eigenvalue weighted by atomic mass is 9.98. The molecule has 0 aliphatic carbocycles. The molecule has 0 amide bonds. The predicted octanol–water partition coefficient (Wildman–Crippen LogP) is 3.04. The Morgan fingerprint density at radius 1 is 1.33 bits per heavy atom. The monoisotopic (exact) mass is 240 g/mol. The summed E-state index contributed by atoms with van der Waals surface area (Å²) in [6.45, 7) is 4.61. The van der Waals surface area contributed by atoms with Gasteiger partial charge in [-0.1, -0.05) is 11.6 Å². The zero-order valence-electron chi connectivity index (χ0n) is 11.2. The smallest absolute Gasteiger partial charge is 0.0702 e. The molecule has 0 bridgehead atoms. The third kappa shape index (κ3) is 2.39. The number of pyridine rings is 1. The Kier molecular flexibility index (Phi) is 3.04. The highest BCUT2D eigenvalue weighted by molar-refractivity contribution is 5.79. The first-order valence-corrected chi connectivity index (χ1v) is 6.74. The van der Waals surface area contributed by atoms with Crippen LogP contribution >= 0.6 is 0 Å². The van der Waals surface area contributed by atoms with Crippen LogP contribution < -0.4 is 0 Å². The quantitative estimate of drug-likeness (QED) is 0.802. The molecule has 2 heterocycles. The molecule has 0 radical (unpaired) electrons. The largest absolute Gasteiger partial charge is 0.306 e. The molecular formula is C16H20N2. The Bertz CT molecular complexity index is 562. The van der Waals surface area contributed by atoms with Crippen LogP contribution in [0.2, 0.25) is 0 Å². The summed E-state index contributed by atoms with van der Waals surface area (Å²) in [4.78, 5) is 6.99. The number of nitrogens with zero attached hydrogens (tertiary/aromatic N) is 2. The van der Waals surface area contributed by atoms with Crippen LogP contribution in [0.15, 0.2) is 30.5 Å². The van der Waals surface area contributed by atoms with E-state index in [9.17, 15) is 0 Å². The summed E-state index contributed by atoms with van der Waals surface area (Å²) in [5, 5.41) is 1.28. The molecule has 3 rings (SSSR count). The molecule has 1 saturated heterocycles. The Balaban J connectivity index is 1.84. The van der Waals surface area contributed by atoms with Crippen LogP contribution in [0, 0.1) is 12.8 Å². The van der Waals surface area contributed by atoms with Gasteiger partial charge in [-0.15, -0.1) is 0 Å². The second-order valence-corrected chi connectivity index (χ2v) is 5.66. The number of rotatable bonds is 2. The van der Waals surface area contributed by atoms with Gasteiger partial charge < -0.3 is 4.90 Å². The van der Waals surface area contributed by atoms with Gasteiger partial charge in [-0.2, -0.15) is 0 Å². The van der Waals surface area contributed by atoms with Gasteiger partial charge in [0.1, 0.15) is 0 Å². The number of aromatic nitrogens is 1. The molecule has 1 aliphatic rings. The van der Waals surface area contributed by atoms with E-state index in [0.717, 1.165) is 11.4 Å². The van der Waals surface area contributed by atoms with Gasteiger partial charge >= 0.3 is 0 Å². The molecule has 1 aliphatic heterocycles. The van der Waals surface area contributed by atoms with Crippen LogP contribution in [0.3, 0.4) is 0 Å². The van der Waals surface area contributed by atoms with Crippen LogP contribution in [-0.2, 0) is 6.42 Å². The van der Waals surface area contributed by atoms with Gasteiger partial charge in [0.05, 0.1) is 5.52 Å². The third-order valence-electron chi connectivity index (χ3n) is 3.91. The van der Waals surface area contributed by atoms with Crippen LogP contribution in [0.5, 0.6) is 0 Å². The highest BCUT2D eigenvalue weighted by Crippen LogP contribution is 2.21. The minimum atomic E-state index is 0.805. The first-order valence-electron chi connectivity index (χ1n) is 6.74. The topological polar surface area (TPSA) is 16.1 Å². The van der Waals surface area contributed by atoms with Crippen molar-refractivity contribution in [2.45, 2.75) is 19.8 Å². The summed E-state index contributed by atoms with van der Waals surface area (Å²) in [6.07, 6.45) is 4.54. The van der Waals surface area contributed by atoms with Gasteiger partial charge in [0.25, 0.3) is 0 Å². The maximum absolute atomic E-state index is 4.57. The zero-order chi connectivity index (χ0) is 12.5. The first kappa shape index (κ1) is 11.7. The molecule has 1 aromatic carbocycles. The Labute approximate surface area is 109 Å². The molecule has 1 aromatic heterocycles. The lowest BCUT2D eigenvalue weighted by Crippen LogP contribution is -2.15. The highest BCUT2D eigenvalue weighted by atomic mass is 15.1. The first-order chi connectivity index (χ1) is 8.70. The van der Waals surface area contributed by atoms with Crippen molar-refractivity contribution in [3.63, 3.8) is 0 Å². The van der Waals surface area contributed by atoms with E-state index in [-0.39, 0.29) is 0 Å². The van der Waals surface area contributed by atoms with Crippen molar-refractivity contribution in [2.24, 2.45) is 5.92 Å². The van der Waals surface area contributed by atoms with E-state index in [1.54, 1.807) is 0 Å². The molecule has 18 heavy (non-hydrogen) atoms. The van der Waals surface area contributed by atoms with Gasteiger partial charge in [0.15, 0.2) is 0 Å². The zero-order valence-corrected chi connectivity index (χ0v) is 11.2. The van der Waals surface area contributed by atoms with E-state index < -0.39 is 0 Å². The predicted molar refractivity (Wildman–Crippen MR) is 75.8 cm³/mol. The highest BCUT2D eigenvalue weighted by Gasteiger charge is 2.19. The van der Waals surface area contributed by atoms with Crippen molar-refractivity contribution >= 4 is 10.9 Å². The van der Waals surface area contributed by atoms with E-state index in [4.69, 9.17) is 0 Å². The lowest BCUT2D eigenvalue weighted by Gasteiger charge is -2.10. The summed E-state index contributed by atoms with van der Waals surface area (Å²) in [6, 6.07) is 8.78. The van der Waals surface area contributed by atoms with E-state index >= 15 is 0 Å². The van der Waals surface area contributed by atoms with E-state index in [2.05, 4.69) is 54.3 Å². The van der Waals surface area contributed by atoms with E-state index in [1.807, 2.05) is 0 Å². The minimum absolute atomic E-state index is 0.805. The van der Waals surface area contributed by atoms with Crippen LogP contribution in [0.25, 0.3) is 10.9 Å². The molecule has 1 atom stereocenters. The van der Waals surface area contributed by atoms with Crippen LogP contribution in [0.1, 0.15) is 17.5 Å². The Morgan fingerprint density at radius 2 is 2.22 bits per heavy atom. The van der Waals surface area contributed by atoms with Crippen molar-refractivity contribution in [1.82, 2.24) is 9.88 Å². The van der Waals surface area contributed by atoms with Gasteiger partial charge in [-0.3, -0.25) is 4.98 Å². The summed E-state index contributed by atoms with van der Waals surface area (Å²) in [7, 11) is 2.21. The SMILES string of the molecule is Cc1ccc2ncc(C[C@H]3CCN(C)C3)cc2c1. The second kappa shape index (κ2) is 4.69. The fraction of sp³-hybridized carbons (Fsp3) is 0.438. The molecule has 0 N–H and O–H groups in total. The molecule has 0 saturated carbocycles. The minimum Gasteiger partial charge on any atom is -0.306 e. The molecule has 94 valence electrons. The van der Waals surface area contributed by atoms with Gasteiger partial charge in [-0.05, 0) is 63.0 Å². The lowest BCUT2D eigenvalue weighted by molar-refractivity contribution is 0.394. The third-order valence-corrected chi connectivity index (χ3v) is 3.91. The summed E-state index contributed by atoms with van der Waals surface area (Å²) in [5.74, 6) is 0.805. The average Bonchev–Trinajstić information content (AvgIpc) is 2.74. The van der Waals surface area contributed by atoms with E-state index in [0.29, 0.717) is 0 Å². The number of hydrogen-bond donors (Lipinski definition) is 0. The van der Waals surface area contributed by atoms with Crippen molar-refractivity contribution in [3.05, 3.63) is 41.6 Å². The Hall–Kier alpha value is -1.41. The molecule has 2 aromatic rings. The molecule has 2 nitrogen and oxygen atoms in total. The van der Waals surface area contributed by atoms with Gasteiger partial charge in [-0.25, -0.2) is 0 Å². The normalized spacial score (nSPS) is 20.7. The summed E-state index contributed by atoms with van der Waals surface area (Å²) >= 11 is 0. The average molecular weight is 240 g/mol.